The number of rotatable bonds is 8. The highest BCUT2D eigenvalue weighted by molar-refractivity contribution is 5.82. The molecule has 1 amide bonds. The van der Waals surface area contributed by atoms with Crippen molar-refractivity contribution in [1.29, 1.82) is 0 Å². The summed E-state index contributed by atoms with van der Waals surface area (Å²) in [7, 11) is 0. The van der Waals surface area contributed by atoms with Crippen LogP contribution in [0.25, 0.3) is 0 Å². The van der Waals surface area contributed by atoms with Crippen molar-refractivity contribution < 1.29 is 48.0 Å². The molecule has 5 saturated carbocycles. The monoisotopic (exact) mass is 774 g/mol. The highest BCUT2D eigenvalue weighted by Gasteiger charge is 2.85. The largest absolute Gasteiger partial charge is 0.462 e. The van der Waals surface area contributed by atoms with Crippen LogP contribution in [-0.2, 0) is 38.1 Å². The van der Waals surface area contributed by atoms with Crippen molar-refractivity contribution in [2.45, 2.75) is 202 Å². The van der Waals surface area contributed by atoms with Gasteiger partial charge < -0.3 is 34.1 Å². The van der Waals surface area contributed by atoms with Gasteiger partial charge in [-0.15, -0.1) is 0 Å². The molecule has 0 aromatic rings. The second-order valence-corrected chi connectivity index (χ2v) is 21.8. The van der Waals surface area contributed by atoms with Gasteiger partial charge in [0.25, 0.3) is 0 Å². The molecule has 2 spiro atoms. The fourth-order valence-electron chi connectivity index (χ4n) is 14.0. The number of hydrogen-bond acceptors (Lipinski definition) is 10. The van der Waals surface area contributed by atoms with Crippen LogP contribution >= 0.6 is 0 Å². The van der Waals surface area contributed by atoms with Gasteiger partial charge in [0.05, 0.1) is 17.3 Å². The lowest BCUT2D eigenvalue weighted by Crippen LogP contribution is -2.63. The highest BCUT2D eigenvalue weighted by Crippen LogP contribution is 2.89. The number of hydrogen-bond donors (Lipinski definition) is 2. The van der Waals surface area contributed by atoms with Crippen LogP contribution in [0, 0.1) is 50.7 Å². The van der Waals surface area contributed by atoms with Gasteiger partial charge in [-0.05, 0) is 133 Å². The molecule has 11 heteroatoms. The van der Waals surface area contributed by atoms with Gasteiger partial charge in [-0.2, -0.15) is 0 Å². The summed E-state index contributed by atoms with van der Waals surface area (Å²) in [4.78, 5) is 52.5. The number of carbonyl (C=O) groups is 4. The summed E-state index contributed by atoms with van der Waals surface area (Å²) >= 11 is 0. The van der Waals surface area contributed by atoms with Crippen LogP contribution < -0.4 is 5.32 Å². The number of esters is 3. The number of aliphatic hydroxyl groups is 1. The maximum absolute atomic E-state index is 14.4. The Kier molecular flexibility index (Phi) is 10.2. The van der Waals surface area contributed by atoms with E-state index in [1.807, 2.05) is 13.8 Å². The summed E-state index contributed by atoms with van der Waals surface area (Å²) in [5.74, 6) is -1.35. The zero-order valence-electron chi connectivity index (χ0n) is 36.2. The van der Waals surface area contributed by atoms with Gasteiger partial charge in [0.15, 0.2) is 0 Å². The Labute approximate surface area is 329 Å². The average Bonchev–Trinajstić information content (AvgIpc) is 3.36. The second-order valence-electron chi connectivity index (χ2n) is 21.8. The molecule has 5 aliphatic carbocycles. The molecule has 0 radical (unpaired) electrons. The molecule has 0 aromatic heterocycles. The third-order valence-corrected chi connectivity index (χ3v) is 16.2. The molecular formula is C44H71NO10. The highest BCUT2D eigenvalue weighted by atomic mass is 16.6. The molecule has 6 aliphatic rings. The van der Waals surface area contributed by atoms with Gasteiger partial charge in [0.2, 0.25) is 0 Å². The van der Waals surface area contributed by atoms with Gasteiger partial charge in [-0.25, -0.2) is 9.59 Å². The second kappa shape index (κ2) is 13.3. The van der Waals surface area contributed by atoms with Gasteiger partial charge in [0, 0.05) is 31.1 Å². The number of carbonyl (C=O) groups excluding carboxylic acids is 4. The van der Waals surface area contributed by atoms with Crippen molar-refractivity contribution in [3.05, 3.63) is 0 Å². The van der Waals surface area contributed by atoms with E-state index in [1.54, 1.807) is 34.6 Å². The molecule has 2 unspecified atom stereocenters. The van der Waals surface area contributed by atoms with E-state index in [0.29, 0.717) is 25.7 Å². The van der Waals surface area contributed by atoms with Crippen molar-refractivity contribution in [3.8, 4) is 0 Å². The van der Waals surface area contributed by atoms with Crippen molar-refractivity contribution in [3.63, 3.8) is 0 Å². The van der Waals surface area contributed by atoms with Gasteiger partial charge >= 0.3 is 24.0 Å². The lowest BCUT2D eigenvalue weighted by Gasteiger charge is -2.64. The van der Waals surface area contributed by atoms with Crippen molar-refractivity contribution in [2.24, 2.45) is 50.7 Å². The molecule has 312 valence electrons. The minimum atomic E-state index is -1.04. The predicted octanol–water partition coefficient (Wildman–Crippen LogP) is 7.68. The van der Waals surface area contributed by atoms with E-state index in [4.69, 9.17) is 23.7 Å². The van der Waals surface area contributed by atoms with Crippen LogP contribution in [0.15, 0.2) is 0 Å². The van der Waals surface area contributed by atoms with E-state index >= 15 is 0 Å². The van der Waals surface area contributed by atoms with Gasteiger partial charge in [0.1, 0.15) is 30.0 Å². The standard InChI is InChI=1S/C44H71NO10/c1-24(2)32(45-36(49)55-37(5,6)7)35(48)53-28-22-41(13)29-21-27(51-25(3)46)33-38(8,9)30(52-26(4)47)16-18-44(33)23-43(29,44)20-19-40(41,12)34(28)42(14)17-15-31(54-42)39(10,11)50/h24,27-34,50H,15-23H2,1-14H3,(H,45,49)/t27-,28-,29?,30-,31-,32?,33-,34-,40+,41-,42+,43-,44+/m0/s1. The van der Waals surface area contributed by atoms with Crippen LogP contribution in [0.3, 0.4) is 0 Å². The maximum Gasteiger partial charge on any atom is 0.408 e. The Bertz CT molecular complexity index is 1560. The molecule has 6 rings (SSSR count). The lowest BCUT2D eigenvalue weighted by atomic mass is 9.41. The van der Waals surface area contributed by atoms with Gasteiger partial charge in [-0.1, -0.05) is 41.5 Å². The molecule has 13 atom stereocenters. The number of alkyl carbamates (subject to hydrolysis) is 1. The third-order valence-electron chi connectivity index (χ3n) is 16.2. The molecule has 1 heterocycles. The Morgan fingerprint density at radius 2 is 1.42 bits per heavy atom. The Hall–Kier alpha value is -2.40. The molecule has 1 saturated heterocycles. The fraction of sp³-hybridized carbons (Fsp3) is 0.909. The average molecular weight is 774 g/mol. The van der Waals surface area contributed by atoms with Crippen LogP contribution in [0.2, 0.25) is 0 Å². The minimum Gasteiger partial charge on any atom is -0.462 e. The first-order valence-electron chi connectivity index (χ1n) is 21.0. The zero-order valence-corrected chi connectivity index (χ0v) is 36.2. The van der Waals surface area contributed by atoms with Crippen molar-refractivity contribution >= 4 is 24.0 Å². The van der Waals surface area contributed by atoms with Crippen LogP contribution in [0.1, 0.15) is 155 Å². The minimum absolute atomic E-state index is 0.0102. The molecule has 1 aliphatic heterocycles. The summed E-state index contributed by atoms with van der Waals surface area (Å²) in [6.45, 7) is 26.9. The van der Waals surface area contributed by atoms with Crippen LogP contribution in [0.5, 0.6) is 0 Å². The van der Waals surface area contributed by atoms with Crippen molar-refractivity contribution in [1.82, 2.24) is 5.32 Å². The molecule has 0 aromatic carbocycles. The first-order chi connectivity index (χ1) is 25.1. The van der Waals surface area contributed by atoms with E-state index < -0.39 is 46.4 Å². The number of fused-ring (bicyclic) bond motifs is 2. The number of nitrogens with one attached hydrogen (secondary N) is 1. The summed E-state index contributed by atoms with van der Waals surface area (Å²) in [5.41, 5.74) is -3.61. The smallest absolute Gasteiger partial charge is 0.408 e. The van der Waals surface area contributed by atoms with Crippen molar-refractivity contribution in [2.75, 3.05) is 0 Å². The first-order valence-corrected chi connectivity index (χ1v) is 21.0. The van der Waals surface area contributed by atoms with Gasteiger partial charge in [-0.3, -0.25) is 9.59 Å². The molecule has 0 bridgehead atoms. The van der Waals surface area contributed by atoms with E-state index in [1.165, 1.54) is 13.8 Å². The predicted molar refractivity (Wildman–Crippen MR) is 205 cm³/mol. The normalized spacial score (nSPS) is 43.5. The maximum atomic E-state index is 14.4. The Morgan fingerprint density at radius 3 is 1.96 bits per heavy atom. The summed E-state index contributed by atoms with van der Waals surface area (Å²) in [5, 5.41) is 13.9. The molecule has 11 nitrogen and oxygen atoms in total. The zero-order chi connectivity index (χ0) is 41.1. The summed E-state index contributed by atoms with van der Waals surface area (Å²) < 4.78 is 31.5. The number of amides is 1. The topological polar surface area (TPSA) is 147 Å². The van der Waals surface area contributed by atoms with E-state index in [0.717, 1.165) is 32.1 Å². The Morgan fingerprint density at radius 1 is 0.782 bits per heavy atom. The molecule has 2 N–H and O–H groups in total. The van der Waals surface area contributed by atoms with Crippen LogP contribution in [-0.4, -0.2) is 76.4 Å². The summed E-state index contributed by atoms with van der Waals surface area (Å²) in [6, 6.07) is -0.920. The SMILES string of the molecule is CC(=O)O[C@H]1CC2[C@]3(CC[C@]4(C)[C@@H]([C@@]5(C)CC[C@@H](C(C)(C)O)O5)[C@@H](OC(=O)C(NC(=O)OC(C)(C)C)C(C)C)C[C@@]24C)C[C@@]32CC[C@H](OC(C)=O)C(C)(C)[C@H]12. The van der Waals surface area contributed by atoms with E-state index in [9.17, 15) is 24.3 Å². The molecule has 55 heavy (non-hydrogen) atoms. The molecular weight excluding hydrogens is 702 g/mol. The Balaban J connectivity index is 1.40. The van der Waals surface area contributed by atoms with E-state index in [-0.39, 0.29) is 75.6 Å². The summed E-state index contributed by atoms with van der Waals surface area (Å²) in [6.07, 6.45) is 5.11. The van der Waals surface area contributed by atoms with Crippen LogP contribution in [0.4, 0.5) is 4.79 Å². The first kappa shape index (κ1) is 42.2. The fourth-order valence-corrected chi connectivity index (χ4v) is 14.0. The quantitative estimate of drug-likeness (QED) is 0.186. The van der Waals surface area contributed by atoms with E-state index in [2.05, 4.69) is 39.9 Å². The number of ether oxygens (including phenoxy) is 5. The third kappa shape index (κ3) is 6.70. The molecule has 6 fully saturated rings. The lowest BCUT2D eigenvalue weighted by molar-refractivity contribution is -0.224.